The quantitative estimate of drug-likeness (QED) is 0.0637. The highest BCUT2D eigenvalue weighted by molar-refractivity contribution is 6.31. The van der Waals surface area contributed by atoms with E-state index < -0.39 is 88.4 Å². The number of imide groups is 1. The first-order chi connectivity index (χ1) is 35.6. The van der Waals surface area contributed by atoms with Crippen LogP contribution in [0.5, 0.6) is 0 Å². The molecule has 2 aromatic carbocycles. The molecule has 2 saturated heterocycles. The third-order valence-corrected chi connectivity index (χ3v) is 14.4. The molecule has 8 atom stereocenters. The molecular formula is C57H76ClN5O13. The number of rotatable bonds is 20. The van der Waals surface area contributed by atoms with Crippen LogP contribution in [0.4, 0.5) is 0 Å². The summed E-state index contributed by atoms with van der Waals surface area (Å²) >= 11 is 6.40. The summed E-state index contributed by atoms with van der Waals surface area (Å²) in [5, 5.41) is 12.3. The van der Waals surface area contributed by atoms with E-state index >= 15 is 0 Å². The minimum absolute atomic E-state index is 0.0148. The predicted molar refractivity (Wildman–Crippen MR) is 281 cm³/mol. The fourth-order valence-corrected chi connectivity index (χ4v) is 9.19. The number of amides is 6. The molecule has 0 aliphatic carbocycles. The number of cyclic esters (lactones) is 1. The van der Waals surface area contributed by atoms with Gasteiger partial charge >= 0.3 is 11.9 Å². The molecule has 3 heterocycles. The van der Waals surface area contributed by atoms with E-state index in [1.807, 2.05) is 71.0 Å². The van der Waals surface area contributed by atoms with Crippen LogP contribution in [0.1, 0.15) is 148 Å². The van der Waals surface area contributed by atoms with Gasteiger partial charge in [0.2, 0.25) is 23.6 Å². The normalized spacial score (nSPS) is 23.1. The summed E-state index contributed by atoms with van der Waals surface area (Å²) in [5.74, 6) is -6.30. The van der Waals surface area contributed by atoms with Gasteiger partial charge in [-0.2, -0.15) is 0 Å². The molecule has 4 N–H and O–H groups in total. The van der Waals surface area contributed by atoms with Crippen molar-refractivity contribution in [3.05, 3.63) is 81.9 Å². The Morgan fingerprint density at radius 2 is 1.54 bits per heavy atom. The van der Waals surface area contributed by atoms with Crippen molar-refractivity contribution in [1.82, 2.24) is 26.3 Å². The van der Waals surface area contributed by atoms with Crippen LogP contribution in [0.15, 0.2) is 54.6 Å². The van der Waals surface area contributed by atoms with Crippen molar-refractivity contribution in [2.24, 2.45) is 28.6 Å². The van der Waals surface area contributed by atoms with Crippen molar-refractivity contribution < 1.29 is 62.3 Å². The Balaban J connectivity index is 1.18. The molecule has 0 radical (unpaired) electrons. The third-order valence-electron chi connectivity index (χ3n) is 14.0. The van der Waals surface area contributed by atoms with E-state index in [1.54, 1.807) is 46.8 Å². The highest BCUT2D eigenvalue weighted by Crippen LogP contribution is 2.45. The predicted octanol–water partition coefficient (Wildman–Crippen LogP) is 6.40. The molecule has 6 amide bonds. The molecule has 3 aliphatic heterocycles. The van der Waals surface area contributed by atoms with E-state index in [2.05, 4.69) is 21.3 Å². The molecule has 0 bridgehead atoms. The van der Waals surface area contributed by atoms with Gasteiger partial charge in [0.05, 0.1) is 17.6 Å². The first-order valence-electron chi connectivity index (χ1n) is 26.3. The lowest BCUT2D eigenvalue weighted by atomic mass is 9.86. The van der Waals surface area contributed by atoms with E-state index in [-0.39, 0.29) is 106 Å². The van der Waals surface area contributed by atoms with Crippen molar-refractivity contribution >= 4 is 70.5 Å². The highest BCUT2D eigenvalue weighted by Gasteiger charge is 2.48. The molecule has 0 aromatic heterocycles. The second kappa shape index (κ2) is 26.7. The molecule has 76 heavy (non-hydrogen) atoms. The van der Waals surface area contributed by atoms with Crippen molar-refractivity contribution in [3.8, 4) is 0 Å². The fraction of sp³-hybridized carbons (Fsp3) is 0.579. The number of epoxide rings is 1. The summed E-state index contributed by atoms with van der Waals surface area (Å²) in [6.07, 6.45) is 2.23. The summed E-state index contributed by atoms with van der Waals surface area (Å²) in [6.45, 7) is 18.1. The molecule has 2 fully saturated rings. The first kappa shape index (κ1) is 60.6. The number of halogens is 1. The summed E-state index contributed by atoms with van der Waals surface area (Å²) in [4.78, 5) is 135. The zero-order valence-corrected chi connectivity index (χ0v) is 46.3. The van der Waals surface area contributed by atoms with Crippen LogP contribution < -0.4 is 21.3 Å². The lowest BCUT2D eigenvalue weighted by Crippen LogP contribution is -2.54. The lowest BCUT2D eigenvalue weighted by molar-refractivity contribution is -0.197. The minimum Gasteiger partial charge on any atom is -0.460 e. The Bertz CT molecular complexity index is 2520. The molecule has 414 valence electrons. The van der Waals surface area contributed by atoms with Gasteiger partial charge in [-0.3, -0.25) is 38.4 Å². The largest absolute Gasteiger partial charge is 0.460 e. The van der Waals surface area contributed by atoms with Gasteiger partial charge in [-0.1, -0.05) is 95.6 Å². The van der Waals surface area contributed by atoms with Gasteiger partial charge in [0.15, 0.2) is 5.78 Å². The number of carbonyl (C=O) groups excluding carboxylic acids is 10. The Morgan fingerprint density at radius 1 is 0.882 bits per heavy atom. The molecule has 2 aromatic rings. The van der Waals surface area contributed by atoms with E-state index in [1.165, 1.54) is 6.08 Å². The average Bonchev–Trinajstić information content (AvgIpc) is 4.09. The zero-order valence-electron chi connectivity index (χ0n) is 45.5. The Labute approximate surface area is 450 Å². The van der Waals surface area contributed by atoms with Crippen LogP contribution in [0.25, 0.3) is 0 Å². The standard InChI is InChI=1S/C57H76ClN5O13/c1-32(2)40(29-39(64)13-11-16-49(69)76-63-47(67)25-26-48(63)68)52(70)60-35(5)44(65)24-21-36-19-22-38(23-20-36)51-50(75-51)34(4)45-14-12-15-46(66)61-42(28-37-18-17-33(3)41(58)27-37)53(71)59-31-57(9,10)55(73)62-43(54(72)74-45)30-56(6,7)8/h12,15,17-20,22-23,27,32,34-35,40,42-43,45,50-51H,11,13-14,16,21,24-26,28-31H2,1-10H3,(H,59,71)(H,60,70)(H,61,66)(H,62,73)/b15-12+/t34-,35-,40-,42+,43-,45-,50+,51+/m0/s1. The summed E-state index contributed by atoms with van der Waals surface area (Å²) in [5.41, 5.74) is 1.78. The SMILES string of the molecule is Cc1ccc(C[C@H]2NC(=O)/C=C/C[C@@H]([C@H](C)[C@H]3O[C@@H]3c3ccc(CCC(=O)[C@H](C)NC(=O)[C@@H](CC(=O)CCCC(=O)ON4C(=O)CCC4=O)C(C)C)cc3)OC(=O)[C@H](CC(C)(C)C)NC(=O)C(C)(C)CNC2=O)cc1Cl. The summed E-state index contributed by atoms with van der Waals surface area (Å²) in [6, 6.07) is 10.2. The first-order valence-corrected chi connectivity index (χ1v) is 26.7. The second-order valence-corrected chi connectivity index (χ2v) is 23.1. The van der Waals surface area contributed by atoms with Gasteiger partial charge in [-0.25, -0.2) is 9.59 Å². The number of ketones is 2. The maximum absolute atomic E-state index is 14.1. The smallest absolute Gasteiger partial charge is 0.333 e. The van der Waals surface area contributed by atoms with E-state index in [0.717, 1.165) is 22.3 Å². The van der Waals surface area contributed by atoms with Crippen LogP contribution >= 0.6 is 11.6 Å². The van der Waals surface area contributed by atoms with Crippen LogP contribution in [0.3, 0.4) is 0 Å². The zero-order chi connectivity index (χ0) is 56.2. The number of esters is 1. The lowest BCUT2D eigenvalue weighted by Gasteiger charge is -2.32. The van der Waals surface area contributed by atoms with Crippen LogP contribution in [0.2, 0.25) is 5.02 Å². The number of ether oxygens (including phenoxy) is 2. The molecule has 19 heteroatoms. The second-order valence-electron chi connectivity index (χ2n) is 22.7. The number of aryl methyl sites for hydroxylation is 2. The molecule has 18 nitrogen and oxygen atoms in total. The summed E-state index contributed by atoms with van der Waals surface area (Å²) < 4.78 is 12.5. The van der Waals surface area contributed by atoms with Gasteiger partial charge in [-0.15, -0.1) is 5.06 Å². The van der Waals surface area contributed by atoms with E-state index in [4.69, 9.17) is 25.9 Å². The van der Waals surface area contributed by atoms with Crippen LogP contribution in [0, 0.1) is 35.5 Å². The van der Waals surface area contributed by atoms with Crippen molar-refractivity contribution in [3.63, 3.8) is 0 Å². The van der Waals surface area contributed by atoms with Gasteiger partial charge in [0.1, 0.15) is 30.1 Å². The van der Waals surface area contributed by atoms with Gasteiger partial charge in [0, 0.05) is 74.8 Å². The van der Waals surface area contributed by atoms with Crippen LogP contribution in [-0.2, 0) is 75.1 Å². The third kappa shape index (κ3) is 17.9. The number of hydrogen-bond acceptors (Lipinski definition) is 13. The molecule has 5 rings (SSSR count). The highest BCUT2D eigenvalue weighted by atomic mass is 35.5. The Hall–Kier alpha value is -6.27. The van der Waals surface area contributed by atoms with Crippen LogP contribution in [-0.4, -0.2) is 101 Å². The van der Waals surface area contributed by atoms with E-state index in [9.17, 15) is 47.9 Å². The molecular weight excluding hydrogens is 998 g/mol. The number of Topliss-reactive ketones (excluding diaryl/α,β-unsaturated/α-hetero) is 2. The number of nitrogens with one attached hydrogen (secondary N) is 4. The van der Waals surface area contributed by atoms with Gasteiger partial charge in [0.25, 0.3) is 11.8 Å². The Morgan fingerprint density at radius 3 is 2.17 bits per heavy atom. The van der Waals surface area contributed by atoms with Crippen molar-refractivity contribution in [1.29, 1.82) is 0 Å². The minimum atomic E-state index is -1.16. The molecule has 0 unspecified atom stereocenters. The molecule has 0 spiro atoms. The van der Waals surface area contributed by atoms with Crippen molar-refractivity contribution in [2.45, 2.75) is 176 Å². The molecule has 3 aliphatic rings. The number of benzene rings is 2. The number of nitrogens with zero attached hydrogens (tertiary/aromatic N) is 1. The van der Waals surface area contributed by atoms with Crippen molar-refractivity contribution in [2.75, 3.05) is 6.54 Å². The maximum Gasteiger partial charge on any atom is 0.333 e. The summed E-state index contributed by atoms with van der Waals surface area (Å²) in [7, 11) is 0. The maximum atomic E-state index is 14.1. The van der Waals surface area contributed by atoms with Gasteiger partial charge < -0.3 is 35.6 Å². The fourth-order valence-electron chi connectivity index (χ4n) is 8.99. The molecule has 0 saturated carbocycles. The number of carbonyl (C=O) groups is 10. The topological polar surface area (TPSA) is 253 Å². The monoisotopic (exact) mass is 1070 g/mol. The number of hydrogen-bond donors (Lipinski definition) is 4. The Kier molecular flexibility index (Phi) is 21.3. The van der Waals surface area contributed by atoms with E-state index in [0.29, 0.717) is 16.5 Å². The number of hydroxylamine groups is 2. The van der Waals surface area contributed by atoms with Gasteiger partial charge in [-0.05, 0) is 92.7 Å². The average molecular weight is 1070 g/mol.